The molecule has 0 spiro atoms. The zero-order valence-corrected chi connectivity index (χ0v) is 25.5. The molecule has 0 bridgehead atoms. The predicted molar refractivity (Wildman–Crippen MR) is 162 cm³/mol. The third kappa shape index (κ3) is 14.2. The Morgan fingerprint density at radius 3 is 1.23 bits per heavy atom. The van der Waals surface area contributed by atoms with E-state index in [1.165, 1.54) is 32.6 Å². The Morgan fingerprint density at radius 2 is 0.953 bits per heavy atom. The molecule has 43 heavy (non-hydrogen) atoms. The van der Waals surface area contributed by atoms with Gasteiger partial charge in [-0.3, -0.25) is 29.5 Å². The van der Waals surface area contributed by atoms with Gasteiger partial charge >= 0.3 is 11.9 Å². The number of hydrogen-bond donors (Lipinski definition) is 1. The minimum absolute atomic E-state index is 0.0625. The molecule has 0 fully saturated rings. The summed E-state index contributed by atoms with van der Waals surface area (Å²) in [7, 11) is 1.35. The van der Waals surface area contributed by atoms with Gasteiger partial charge in [0.1, 0.15) is 0 Å². The lowest BCUT2D eigenvalue weighted by Gasteiger charge is -2.00. The van der Waals surface area contributed by atoms with Gasteiger partial charge in [0.05, 0.1) is 30.4 Å². The van der Waals surface area contributed by atoms with Gasteiger partial charge in [-0.2, -0.15) is 0 Å². The van der Waals surface area contributed by atoms with Crippen molar-refractivity contribution in [2.75, 3.05) is 13.7 Å². The summed E-state index contributed by atoms with van der Waals surface area (Å²) in [4.78, 5) is 59.0. The van der Waals surface area contributed by atoms with Crippen molar-refractivity contribution in [1.82, 2.24) is 19.9 Å². The maximum Gasteiger partial charge on any atom is 0.339 e. The first-order valence-electron chi connectivity index (χ1n) is 13.1. The van der Waals surface area contributed by atoms with Crippen LogP contribution < -0.4 is 5.73 Å². The molecule has 11 nitrogen and oxygen atoms in total. The van der Waals surface area contributed by atoms with Crippen molar-refractivity contribution in [2.24, 2.45) is 5.73 Å². The molecule has 2 N–H and O–H groups in total. The Labute approximate surface area is 251 Å². The molecule has 4 aromatic rings. The van der Waals surface area contributed by atoms with E-state index >= 15 is 0 Å². The molecule has 0 atom stereocenters. The number of primary amides is 1. The van der Waals surface area contributed by atoms with E-state index in [-0.39, 0.29) is 17.7 Å². The number of ether oxygens (including phenoxy) is 2. The fourth-order valence-electron chi connectivity index (χ4n) is 2.80. The zero-order chi connectivity index (χ0) is 32.4. The van der Waals surface area contributed by atoms with Crippen LogP contribution in [0.15, 0.2) is 73.3 Å². The van der Waals surface area contributed by atoms with Gasteiger partial charge in [-0.25, -0.2) is 9.59 Å². The van der Waals surface area contributed by atoms with Crippen molar-refractivity contribution in [1.29, 1.82) is 0 Å². The van der Waals surface area contributed by atoms with E-state index in [2.05, 4.69) is 24.7 Å². The second-order valence-electron chi connectivity index (χ2n) is 8.89. The Bertz CT molecular complexity index is 1400. The van der Waals surface area contributed by atoms with E-state index in [1.54, 1.807) is 55.6 Å². The van der Waals surface area contributed by atoms with Gasteiger partial charge in [0.25, 0.3) is 0 Å². The fourth-order valence-corrected chi connectivity index (χ4v) is 2.80. The molecule has 226 valence electrons. The first-order chi connectivity index (χ1) is 20.4. The smallest absolute Gasteiger partial charge is 0.339 e. The number of amides is 1. The number of nitrogens with zero attached hydrogens (tertiary/aromatic N) is 4. The zero-order valence-electron chi connectivity index (χ0n) is 25.5. The maximum absolute atomic E-state index is 11.1. The minimum atomic E-state index is -0.438. The summed E-state index contributed by atoms with van der Waals surface area (Å²) >= 11 is 0. The molecular formula is C32H37N5O6. The SMILES string of the molecule is CC(=O)c1ccc(C)nc1.CCOC(=O)c1ccc(C)nc1.COC(=O)c1ccc(C)nc1.Cc1ccc(C(N)=O)cn1. The number of aryl methyl sites for hydroxylation is 4. The van der Waals surface area contributed by atoms with E-state index in [0.29, 0.717) is 28.9 Å². The summed E-state index contributed by atoms with van der Waals surface area (Å²) in [6.45, 7) is 11.2. The van der Waals surface area contributed by atoms with Crippen molar-refractivity contribution < 1.29 is 28.7 Å². The average molecular weight is 588 g/mol. The maximum atomic E-state index is 11.1. The largest absolute Gasteiger partial charge is 0.465 e. The summed E-state index contributed by atoms with van der Waals surface area (Å²) in [5.41, 5.74) is 10.7. The lowest BCUT2D eigenvalue weighted by atomic mass is 10.2. The molecule has 0 aliphatic heterocycles. The molecule has 4 aromatic heterocycles. The molecule has 1 amide bonds. The topological polar surface area (TPSA) is 164 Å². The number of ketones is 1. The summed E-state index contributed by atoms with van der Waals surface area (Å²) in [6.07, 6.45) is 6.09. The second kappa shape index (κ2) is 18.9. The number of Topliss-reactive ketones (excluding diaryl/α,β-unsaturated/α-hetero) is 1. The van der Waals surface area contributed by atoms with Crippen molar-refractivity contribution in [3.63, 3.8) is 0 Å². The van der Waals surface area contributed by atoms with Crippen LogP contribution in [0.2, 0.25) is 0 Å². The van der Waals surface area contributed by atoms with E-state index in [0.717, 1.165) is 22.8 Å². The normalized spacial score (nSPS) is 9.37. The van der Waals surface area contributed by atoms with Crippen molar-refractivity contribution in [3.05, 3.63) is 118 Å². The molecule has 0 unspecified atom stereocenters. The standard InChI is InChI=1S/C9H11NO2.C8H9NO2.C8H9NO.C7H8N2O/c1-3-12-9(11)8-5-4-7(2)10-6-8;1-6-3-4-7(5-9-6)8(10)11-2;1-6-3-4-8(5-9-6)7(2)10;1-5-2-3-6(4-9-5)7(8)10/h4-6H,3H2,1-2H3;3-5H,1-2H3;3-5H,1-2H3;2-4H,1H3,(H2,8,10). The van der Waals surface area contributed by atoms with Crippen LogP contribution in [0.25, 0.3) is 0 Å². The van der Waals surface area contributed by atoms with Crippen LogP contribution in [0.3, 0.4) is 0 Å². The second-order valence-corrected chi connectivity index (χ2v) is 8.89. The molecule has 4 heterocycles. The molecule has 0 aliphatic rings. The summed E-state index contributed by atoms with van der Waals surface area (Å²) < 4.78 is 9.29. The molecule has 4 rings (SSSR count). The Kier molecular flexibility index (Phi) is 15.7. The quantitative estimate of drug-likeness (QED) is 0.253. The van der Waals surface area contributed by atoms with Gasteiger partial charge in [-0.05, 0) is 90.1 Å². The summed E-state index contributed by atoms with van der Waals surface area (Å²) in [5.74, 6) is -1.04. The average Bonchev–Trinajstić information content (AvgIpc) is 2.99. The molecule has 0 aromatic carbocycles. The predicted octanol–water partition coefficient (Wildman–Crippen LogP) is 4.82. The molecule has 11 heteroatoms. The van der Waals surface area contributed by atoms with Crippen molar-refractivity contribution in [3.8, 4) is 0 Å². The Balaban J connectivity index is 0.000000287. The number of carbonyl (C=O) groups excluding carboxylic acids is 4. The Hall–Kier alpha value is -5.32. The third-order valence-electron chi connectivity index (χ3n) is 5.27. The van der Waals surface area contributed by atoms with Crippen LogP contribution in [0.4, 0.5) is 0 Å². The highest BCUT2D eigenvalue weighted by atomic mass is 16.5. The number of nitrogens with two attached hydrogens (primary N) is 1. The minimum Gasteiger partial charge on any atom is -0.465 e. The highest BCUT2D eigenvalue weighted by molar-refractivity contribution is 5.93. The number of hydrogen-bond acceptors (Lipinski definition) is 10. The number of rotatable bonds is 5. The first kappa shape index (κ1) is 35.7. The van der Waals surface area contributed by atoms with E-state index in [1.807, 2.05) is 33.8 Å². The molecule has 0 radical (unpaired) electrons. The van der Waals surface area contributed by atoms with Crippen molar-refractivity contribution in [2.45, 2.75) is 41.5 Å². The van der Waals surface area contributed by atoms with E-state index in [4.69, 9.17) is 10.5 Å². The monoisotopic (exact) mass is 587 g/mol. The molecule has 0 saturated carbocycles. The lowest BCUT2D eigenvalue weighted by Crippen LogP contribution is -2.10. The number of methoxy groups -OCH3 is 1. The summed E-state index contributed by atoms with van der Waals surface area (Å²) in [6, 6.07) is 14.0. The van der Waals surface area contributed by atoms with Crippen LogP contribution in [-0.2, 0) is 9.47 Å². The van der Waals surface area contributed by atoms with E-state index < -0.39 is 5.91 Å². The van der Waals surface area contributed by atoms with Gasteiger partial charge in [-0.1, -0.05) is 0 Å². The lowest BCUT2D eigenvalue weighted by molar-refractivity contribution is 0.0524. The number of pyridine rings is 4. The number of esters is 2. The van der Waals surface area contributed by atoms with Crippen LogP contribution in [0.5, 0.6) is 0 Å². The highest BCUT2D eigenvalue weighted by Gasteiger charge is 2.05. The first-order valence-corrected chi connectivity index (χ1v) is 13.1. The number of carbonyl (C=O) groups is 4. The third-order valence-corrected chi connectivity index (χ3v) is 5.27. The van der Waals surface area contributed by atoms with Gasteiger partial charge in [0.15, 0.2) is 5.78 Å². The van der Waals surface area contributed by atoms with E-state index in [9.17, 15) is 19.2 Å². The van der Waals surface area contributed by atoms with Crippen LogP contribution in [0, 0.1) is 27.7 Å². The van der Waals surface area contributed by atoms with Gasteiger partial charge < -0.3 is 15.2 Å². The van der Waals surface area contributed by atoms with Gasteiger partial charge in [0, 0.05) is 53.1 Å². The van der Waals surface area contributed by atoms with Gasteiger partial charge in [0.2, 0.25) is 5.91 Å². The fraction of sp³-hybridized carbons (Fsp3) is 0.250. The molecule has 0 saturated heterocycles. The molecular weight excluding hydrogens is 550 g/mol. The summed E-state index contributed by atoms with van der Waals surface area (Å²) in [5, 5.41) is 0. The van der Waals surface area contributed by atoms with Crippen molar-refractivity contribution >= 4 is 23.6 Å². The van der Waals surface area contributed by atoms with Gasteiger partial charge in [-0.15, -0.1) is 0 Å². The Morgan fingerprint density at radius 1 is 0.605 bits per heavy atom. The highest BCUT2D eigenvalue weighted by Crippen LogP contribution is 2.02. The van der Waals surface area contributed by atoms with Crippen LogP contribution in [-0.4, -0.2) is 57.3 Å². The van der Waals surface area contributed by atoms with Crippen LogP contribution in [0.1, 0.15) is 78.1 Å². The molecule has 0 aliphatic carbocycles. The van der Waals surface area contributed by atoms with Crippen LogP contribution >= 0.6 is 0 Å². The number of aromatic nitrogens is 4.